The van der Waals surface area contributed by atoms with Gasteiger partial charge in [-0.3, -0.25) is 9.69 Å². The minimum Gasteiger partial charge on any atom is -0.398 e. The number of hydrogen-bond donors (Lipinski definition) is 1. The SMILES string of the molecule is CN1C2CCC1C(n1nnc3cc(N)c(Br)cc3c1=O)CC2. The van der Waals surface area contributed by atoms with Crippen LogP contribution >= 0.6 is 15.9 Å². The number of fused-ring (bicyclic) bond motifs is 3. The molecular weight excluding hydrogens is 346 g/mol. The van der Waals surface area contributed by atoms with E-state index in [9.17, 15) is 4.79 Å². The van der Waals surface area contributed by atoms with E-state index in [-0.39, 0.29) is 11.6 Å². The van der Waals surface area contributed by atoms with Gasteiger partial charge in [0.25, 0.3) is 5.56 Å². The predicted molar refractivity (Wildman–Crippen MR) is 88.8 cm³/mol. The number of piperidine rings is 1. The molecule has 6 nitrogen and oxygen atoms in total. The van der Waals surface area contributed by atoms with Crippen LogP contribution in [0.3, 0.4) is 0 Å². The van der Waals surface area contributed by atoms with Crippen molar-refractivity contribution in [2.24, 2.45) is 0 Å². The first kappa shape index (κ1) is 14.1. The second-order valence-corrected chi connectivity index (χ2v) is 7.19. The number of benzene rings is 1. The topological polar surface area (TPSA) is 77.0 Å². The molecule has 2 N–H and O–H groups in total. The van der Waals surface area contributed by atoms with E-state index in [1.165, 1.54) is 6.42 Å². The Morgan fingerprint density at radius 2 is 1.95 bits per heavy atom. The van der Waals surface area contributed by atoms with E-state index in [1.54, 1.807) is 16.8 Å². The minimum absolute atomic E-state index is 0.0746. The van der Waals surface area contributed by atoms with Crippen LogP contribution in [0, 0.1) is 0 Å². The van der Waals surface area contributed by atoms with Crippen molar-refractivity contribution >= 4 is 32.5 Å². The lowest BCUT2D eigenvalue weighted by Crippen LogP contribution is -2.46. The number of rotatable bonds is 1. The highest BCUT2D eigenvalue weighted by Crippen LogP contribution is 2.39. The average molecular weight is 364 g/mol. The molecule has 0 radical (unpaired) electrons. The summed E-state index contributed by atoms with van der Waals surface area (Å²) in [5.41, 5.74) is 6.90. The zero-order valence-electron chi connectivity index (χ0n) is 12.4. The molecule has 7 heteroatoms. The highest BCUT2D eigenvalue weighted by Gasteiger charge is 2.41. The summed E-state index contributed by atoms with van der Waals surface area (Å²) in [4.78, 5) is 15.3. The molecule has 0 aliphatic carbocycles. The number of nitrogens with two attached hydrogens (primary N) is 1. The lowest BCUT2D eigenvalue weighted by Gasteiger charge is -2.37. The Morgan fingerprint density at radius 3 is 2.73 bits per heavy atom. The summed E-state index contributed by atoms with van der Waals surface area (Å²) in [6.45, 7) is 0. The lowest BCUT2D eigenvalue weighted by molar-refractivity contribution is 0.114. The van der Waals surface area contributed by atoms with Crippen LogP contribution in [0.1, 0.15) is 31.7 Å². The number of nitrogens with zero attached hydrogens (tertiary/aromatic N) is 4. The van der Waals surface area contributed by atoms with Gasteiger partial charge in [0, 0.05) is 22.2 Å². The molecule has 1 aromatic carbocycles. The number of likely N-dealkylation sites (N-methyl/N-ethyl adjacent to an activating group) is 1. The average Bonchev–Trinajstić information content (AvgIpc) is 2.72. The van der Waals surface area contributed by atoms with Crippen LogP contribution in [-0.4, -0.2) is 39.0 Å². The predicted octanol–water partition coefficient (Wildman–Crippen LogP) is 1.93. The van der Waals surface area contributed by atoms with E-state index in [4.69, 9.17) is 5.73 Å². The molecule has 4 rings (SSSR count). The maximum absolute atomic E-state index is 12.9. The summed E-state index contributed by atoms with van der Waals surface area (Å²) in [5, 5.41) is 9.00. The highest BCUT2D eigenvalue weighted by molar-refractivity contribution is 9.10. The third-order valence-corrected chi connectivity index (χ3v) is 5.94. The van der Waals surface area contributed by atoms with Crippen molar-refractivity contribution in [1.29, 1.82) is 0 Å². The van der Waals surface area contributed by atoms with Crippen LogP contribution in [0.15, 0.2) is 21.4 Å². The maximum atomic E-state index is 12.9. The van der Waals surface area contributed by atoms with Gasteiger partial charge in [-0.2, -0.15) is 0 Å². The van der Waals surface area contributed by atoms with Crippen molar-refractivity contribution in [3.8, 4) is 0 Å². The van der Waals surface area contributed by atoms with Gasteiger partial charge in [-0.05, 0) is 60.8 Å². The number of hydrogen-bond acceptors (Lipinski definition) is 5. The largest absolute Gasteiger partial charge is 0.398 e. The first-order valence-electron chi connectivity index (χ1n) is 7.62. The van der Waals surface area contributed by atoms with Gasteiger partial charge in [0.2, 0.25) is 0 Å². The Labute approximate surface area is 136 Å². The van der Waals surface area contributed by atoms with Gasteiger partial charge in [0.1, 0.15) is 5.52 Å². The van der Waals surface area contributed by atoms with Crippen LogP contribution < -0.4 is 11.3 Å². The summed E-state index contributed by atoms with van der Waals surface area (Å²) >= 11 is 3.38. The number of anilines is 1. The first-order chi connectivity index (χ1) is 10.6. The first-order valence-corrected chi connectivity index (χ1v) is 8.41. The van der Waals surface area contributed by atoms with Crippen LogP contribution in [0.25, 0.3) is 10.9 Å². The van der Waals surface area contributed by atoms with Gasteiger partial charge in [-0.15, -0.1) is 5.10 Å². The van der Waals surface area contributed by atoms with E-state index in [0.717, 1.165) is 23.7 Å². The van der Waals surface area contributed by atoms with Gasteiger partial charge >= 0.3 is 0 Å². The highest BCUT2D eigenvalue weighted by atomic mass is 79.9. The van der Waals surface area contributed by atoms with E-state index < -0.39 is 0 Å². The Morgan fingerprint density at radius 1 is 1.23 bits per heavy atom. The molecule has 0 saturated carbocycles. The van der Waals surface area contributed by atoms with Crippen LogP contribution in [0.4, 0.5) is 5.69 Å². The Hall–Kier alpha value is -1.47. The summed E-state index contributed by atoms with van der Waals surface area (Å²) in [6, 6.07) is 4.61. The second-order valence-electron chi connectivity index (χ2n) is 6.34. The van der Waals surface area contributed by atoms with Crippen molar-refractivity contribution < 1.29 is 0 Å². The summed E-state index contributed by atoms with van der Waals surface area (Å²) in [6.07, 6.45) is 4.46. The standard InChI is InChI=1S/C15H18BrN5O/c1-20-8-2-4-13(20)14(5-3-8)21-15(22)9-6-10(16)11(17)7-12(9)18-19-21/h6-8,13-14H,2-5,17H2,1H3. The molecule has 2 bridgehead atoms. The third-order valence-electron chi connectivity index (χ3n) is 5.25. The minimum atomic E-state index is -0.0746. The molecule has 2 saturated heterocycles. The fourth-order valence-electron chi connectivity index (χ4n) is 4.00. The molecular formula is C15H18BrN5O. The monoisotopic (exact) mass is 363 g/mol. The zero-order valence-corrected chi connectivity index (χ0v) is 14.0. The number of nitrogen functional groups attached to an aromatic ring is 1. The molecule has 2 aromatic rings. The van der Waals surface area contributed by atoms with Gasteiger partial charge < -0.3 is 5.73 Å². The third kappa shape index (κ3) is 1.99. The summed E-state index contributed by atoms with van der Waals surface area (Å²) < 4.78 is 2.31. The Bertz CT molecular complexity index is 804. The van der Waals surface area contributed by atoms with Gasteiger partial charge in [-0.25, -0.2) is 4.68 Å². The van der Waals surface area contributed by atoms with Crippen LogP contribution in [0.2, 0.25) is 0 Å². The fourth-order valence-corrected chi connectivity index (χ4v) is 4.35. The molecule has 3 atom stereocenters. The van der Waals surface area contributed by atoms with Crippen molar-refractivity contribution in [3.63, 3.8) is 0 Å². The maximum Gasteiger partial charge on any atom is 0.277 e. The van der Waals surface area contributed by atoms with E-state index >= 15 is 0 Å². The summed E-state index contributed by atoms with van der Waals surface area (Å²) in [5.74, 6) is 0. The molecule has 2 aliphatic heterocycles. The normalized spacial score (nSPS) is 28.4. The molecule has 22 heavy (non-hydrogen) atoms. The smallest absolute Gasteiger partial charge is 0.277 e. The molecule has 2 aliphatic rings. The summed E-state index contributed by atoms with van der Waals surface area (Å²) in [7, 11) is 2.16. The molecule has 1 aromatic heterocycles. The molecule has 3 heterocycles. The van der Waals surface area contributed by atoms with Crippen molar-refractivity contribution in [2.45, 2.75) is 43.8 Å². The van der Waals surface area contributed by atoms with Gasteiger partial charge in [-0.1, -0.05) is 5.21 Å². The Balaban J connectivity index is 1.84. The van der Waals surface area contributed by atoms with E-state index in [0.29, 0.717) is 28.7 Å². The lowest BCUT2D eigenvalue weighted by atomic mass is 9.98. The van der Waals surface area contributed by atoms with Crippen molar-refractivity contribution in [3.05, 3.63) is 27.0 Å². The fraction of sp³-hybridized carbons (Fsp3) is 0.533. The molecule has 116 valence electrons. The van der Waals surface area contributed by atoms with Gasteiger partial charge in [0.15, 0.2) is 0 Å². The van der Waals surface area contributed by atoms with Gasteiger partial charge in [0.05, 0.1) is 11.4 Å². The van der Waals surface area contributed by atoms with Crippen LogP contribution in [0.5, 0.6) is 0 Å². The number of halogens is 1. The molecule has 0 amide bonds. The molecule has 0 spiro atoms. The molecule has 3 unspecified atom stereocenters. The van der Waals surface area contributed by atoms with Crippen LogP contribution in [-0.2, 0) is 0 Å². The zero-order chi connectivity index (χ0) is 15.4. The van der Waals surface area contributed by atoms with E-state index in [2.05, 4.69) is 38.2 Å². The number of aromatic nitrogens is 3. The Kier molecular flexibility index (Phi) is 3.23. The second kappa shape index (κ2) is 5.03. The van der Waals surface area contributed by atoms with Crippen molar-refractivity contribution in [2.75, 3.05) is 12.8 Å². The van der Waals surface area contributed by atoms with E-state index in [1.807, 2.05) is 0 Å². The van der Waals surface area contributed by atoms with Crippen molar-refractivity contribution in [1.82, 2.24) is 19.9 Å². The molecule has 2 fully saturated rings. The quantitative estimate of drug-likeness (QED) is 0.783.